The summed E-state index contributed by atoms with van der Waals surface area (Å²) in [5, 5.41) is 11.3. The molecule has 0 saturated heterocycles. The number of hydrogen-bond donors (Lipinski definition) is 2. The van der Waals surface area contributed by atoms with Crippen molar-refractivity contribution in [3.8, 4) is 22.3 Å². The number of fused-ring (bicyclic) bond motifs is 1. The summed E-state index contributed by atoms with van der Waals surface area (Å²) in [4.78, 5) is 25.5. The van der Waals surface area contributed by atoms with E-state index in [0.29, 0.717) is 5.56 Å². The molecule has 1 aromatic carbocycles. The molecule has 0 aliphatic rings. The second-order valence-electron chi connectivity index (χ2n) is 7.28. The molecule has 2 N–H and O–H groups in total. The third-order valence-electron chi connectivity index (χ3n) is 5.05. The van der Waals surface area contributed by atoms with E-state index in [9.17, 15) is 9.90 Å². The van der Waals surface area contributed by atoms with E-state index in [0.717, 1.165) is 33.3 Å². The summed E-state index contributed by atoms with van der Waals surface area (Å²) in [5.74, 6) is -0.384. The Morgan fingerprint density at radius 3 is 2.59 bits per heavy atom. The van der Waals surface area contributed by atoms with Crippen LogP contribution in [0.3, 0.4) is 0 Å². The van der Waals surface area contributed by atoms with E-state index >= 15 is 0 Å². The Bertz CT molecular complexity index is 1200. The largest absolute Gasteiger partial charge is 0.378 e. The van der Waals surface area contributed by atoms with Crippen LogP contribution in [0.2, 0.25) is 0 Å². The molecule has 1 unspecified atom stereocenters. The van der Waals surface area contributed by atoms with Crippen LogP contribution in [-0.4, -0.2) is 45.0 Å². The van der Waals surface area contributed by atoms with Gasteiger partial charge < -0.3 is 15.0 Å². The Morgan fingerprint density at radius 1 is 1.07 bits per heavy atom. The Hall–Kier alpha value is -3.51. The lowest BCUT2D eigenvalue weighted by molar-refractivity contribution is -0.137. The monoisotopic (exact) mass is 386 g/mol. The molecule has 1 atom stereocenters. The zero-order valence-corrected chi connectivity index (χ0v) is 16.5. The lowest BCUT2D eigenvalue weighted by Crippen LogP contribution is -2.28. The number of carbonyl (C=O) groups is 1. The van der Waals surface area contributed by atoms with Crippen molar-refractivity contribution in [2.45, 2.75) is 13.0 Å². The Labute approximate surface area is 168 Å². The minimum Gasteiger partial charge on any atom is -0.378 e. The number of likely N-dealkylation sites (N-methyl/N-ethyl adjacent to an activating group) is 1. The Morgan fingerprint density at radius 2 is 1.83 bits per heavy atom. The van der Waals surface area contributed by atoms with Crippen molar-refractivity contribution in [2.75, 3.05) is 14.1 Å². The maximum atomic E-state index is 12.1. The molecular weight excluding hydrogens is 364 g/mol. The van der Waals surface area contributed by atoms with Gasteiger partial charge in [-0.1, -0.05) is 24.3 Å². The number of nitrogens with zero attached hydrogens (tertiary/aromatic N) is 3. The Balaban J connectivity index is 1.78. The van der Waals surface area contributed by atoms with E-state index < -0.39 is 6.10 Å². The average molecular weight is 386 g/mol. The van der Waals surface area contributed by atoms with Gasteiger partial charge in [-0.2, -0.15) is 0 Å². The number of aromatic nitrogens is 3. The fraction of sp³-hybridized carbons (Fsp3) is 0.174. The normalized spacial score (nSPS) is 12.1. The number of aliphatic hydroxyl groups is 1. The summed E-state index contributed by atoms with van der Waals surface area (Å²) in [6, 6.07) is 12.1. The van der Waals surface area contributed by atoms with E-state index in [-0.39, 0.29) is 5.91 Å². The lowest BCUT2D eigenvalue weighted by atomic mass is 9.99. The molecule has 6 heteroatoms. The second-order valence-corrected chi connectivity index (χ2v) is 7.28. The molecule has 4 rings (SSSR count). The first-order valence-electron chi connectivity index (χ1n) is 9.33. The molecule has 0 radical (unpaired) electrons. The number of carbonyl (C=O) groups excluding carboxylic acids is 1. The second kappa shape index (κ2) is 7.48. The van der Waals surface area contributed by atoms with Gasteiger partial charge in [0.05, 0.1) is 0 Å². The number of aliphatic hydroxyl groups excluding tert-OH is 1. The molecule has 146 valence electrons. The van der Waals surface area contributed by atoms with Crippen molar-refractivity contribution >= 4 is 16.9 Å². The highest BCUT2D eigenvalue weighted by molar-refractivity contribution is 5.96. The summed E-state index contributed by atoms with van der Waals surface area (Å²) < 4.78 is 0. The summed E-state index contributed by atoms with van der Waals surface area (Å²) in [6.45, 7) is 2.09. The van der Waals surface area contributed by atoms with Gasteiger partial charge in [0, 0.05) is 66.5 Å². The van der Waals surface area contributed by atoms with Crippen LogP contribution in [0.5, 0.6) is 0 Å². The van der Waals surface area contributed by atoms with Gasteiger partial charge in [-0.25, -0.2) is 4.98 Å². The van der Waals surface area contributed by atoms with Crippen LogP contribution in [0, 0.1) is 6.92 Å². The van der Waals surface area contributed by atoms with Crippen molar-refractivity contribution in [1.82, 2.24) is 19.9 Å². The SMILES string of the molecule is Cc1ccccc1-c1c[nH]c2ncc(-c3cncc(C(O)C(=O)N(C)C)c3)cc12. The summed E-state index contributed by atoms with van der Waals surface area (Å²) in [6.07, 6.45) is 5.71. The van der Waals surface area contributed by atoms with Crippen molar-refractivity contribution in [3.63, 3.8) is 0 Å². The zero-order valence-electron chi connectivity index (χ0n) is 16.5. The van der Waals surface area contributed by atoms with Crippen molar-refractivity contribution < 1.29 is 9.90 Å². The van der Waals surface area contributed by atoms with Gasteiger partial charge in [0.15, 0.2) is 6.10 Å². The van der Waals surface area contributed by atoms with E-state index in [1.165, 1.54) is 16.7 Å². The number of benzene rings is 1. The van der Waals surface area contributed by atoms with Gasteiger partial charge in [-0.05, 0) is 30.2 Å². The molecule has 6 nitrogen and oxygen atoms in total. The van der Waals surface area contributed by atoms with Crippen LogP contribution in [-0.2, 0) is 4.79 Å². The van der Waals surface area contributed by atoms with Gasteiger partial charge in [0.2, 0.25) is 0 Å². The highest BCUT2D eigenvalue weighted by atomic mass is 16.3. The molecular formula is C23H22N4O2. The summed E-state index contributed by atoms with van der Waals surface area (Å²) >= 11 is 0. The highest BCUT2D eigenvalue weighted by Crippen LogP contribution is 2.33. The van der Waals surface area contributed by atoms with E-state index in [1.807, 2.05) is 18.3 Å². The molecule has 0 saturated carbocycles. The van der Waals surface area contributed by atoms with Crippen LogP contribution < -0.4 is 0 Å². The fourth-order valence-corrected chi connectivity index (χ4v) is 3.41. The molecule has 3 heterocycles. The minimum atomic E-state index is -1.25. The molecule has 0 fully saturated rings. The van der Waals surface area contributed by atoms with Crippen LogP contribution in [0.15, 0.2) is 61.2 Å². The average Bonchev–Trinajstić information content (AvgIpc) is 3.16. The first-order chi connectivity index (χ1) is 14.0. The standard InChI is InChI=1S/C23H22N4O2/c1-14-6-4-5-7-18(14)20-13-26-22-19(20)9-16(12-25-22)15-8-17(11-24-10-15)21(28)23(29)27(2)3/h4-13,21,28H,1-3H3,(H,25,26). The predicted molar refractivity (Wildman–Crippen MR) is 113 cm³/mol. The maximum Gasteiger partial charge on any atom is 0.255 e. The van der Waals surface area contributed by atoms with Gasteiger partial charge in [0.25, 0.3) is 5.91 Å². The highest BCUT2D eigenvalue weighted by Gasteiger charge is 2.20. The third kappa shape index (κ3) is 3.50. The molecule has 0 aliphatic carbocycles. The molecule has 3 aromatic heterocycles. The molecule has 29 heavy (non-hydrogen) atoms. The van der Waals surface area contributed by atoms with Gasteiger partial charge in [0.1, 0.15) is 5.65 Å². The Kier molecular flexibility index (Phi) is 4.86. The summed E-state index contributed by atoms with van der Waals surface area (Å²) in [5.41, 5.74) is 6.34. The number of aryl methyl sites for hydroxylation is 1. The lowest BCUT2D eigenvalue weighted by Gasteiger charge is -2.16. The van der Waals surface area contributed by atoms with Crippen molar-refractivity contribution in [2.24, 2.45) is 0 Å². The molecule has 0 aliphatic heterocycles. The van der Waals surface area contributed by atoms with E-state index in [4.69, 9.17) is 0 Å². The molecule has 0 spiro atoms. The van der Waals surface area contributed by atoms with Crippen LogP contribution in [0.25, 0.3) is 33.3 Å². The molecule has 0 bridgehead atoms. The van der Waals surface area contributed by atoms with Crippen molar-refractivity contribution in [3.05, 3.63) is 72.3 Å². The zero-order chi connectivity index (χ0) is 20.5. The number of amides is 1. The van der Waals surface area contributed by atoms with E-state index in [1.54, 1.807) is 32.6 Å². The van der Waals surface area contributed by atoms with Crippen molar-refractivity contribution in [1.29, 1.82) is 0 Å². The van der Waals surface area contributed by atoms with Crippen LogP contribution in [0.4, 0.5) is 0 Å². The third-order valence-corrected chi connectivity index (χ3v) is 5.05. The summed E-state index contributed by atoms with van der Waals surface area (Å²) in [7, 11) is 3.22. The number of pyridine rings is 2. The number of H-pyrrole nitrogens is 1. The number of aromatic amines is 1. The van der Waals surface area contributed by atoms with Gasteiger partial charge in [-0.15, -0.1) is 0 Å². The minimum absolute atomic E-state index is 0.384. The van der Waals surface area contributed by atoms with Crippen LogP contribution >= 0.6 is 0 Å². The van der Waals surface area contributed by atoms with Crippen LogP contribution in [0.1, 0.15) is 17.2 Å². The molecule has 4 aromatic rings. The number of hydrogen-bond acceptors (Lipinski definition) is 4. The predicted octanol–water partition coefficient (Wildman–Crippen LogP) is 3.72. The first kappa shape index (κ1) is 18.8. The number of rotatable bonds is 4. The maximum absolute atomic E-state index is 12.1. The first-order valence-corrected chi connectivity index (χ1v) is 9.33. The van der Waals surface area contributed by atoms with Gasteiger partial charge in [-0.3, -0.25) is 9.78 Å². The molecule has 1 amide bonds. The fourth-order valence-electron chi connectivity index (χ4n) is 3.41. The smallest absolute Gasteiger partial charge is 0.255 e. The van der Waals surface area contributed by atoms with Gasteiger partial charge >= 0.3 is 0 Å². The van der Waals surface area contributed by atoms with E-state index in [2.05, 4.69) is 40.1 Å². The topological polar surface area (TPSA) is 82.1 Å². The quantitative estimate of drug-likeness (QED) is 0.560. The number of nitrogens with one attached hydrogen (secondary N) is 1.